The van der Waals surface area contributed by atoms with Crippen LogP contribution in [0.2, 0.25) is 0 Å². The van der Waals surface area contributed by atoms with Gasteiger partial charge in [-0.2, -0.15) is 0 Å². The fourth-order valence-electron chi connectivity index (χ4n) is 4.16. The first-order valence-corrected chi connectivity index (χ1v) is 13.2. The van der Waals surface area contributed by atoms with Crippen LogP contribution in [0.5, 0.6) is 5.75 Å². The number of aromatic nitrogens is 4. The maximum absolute atomic E-state index is 12.7. The molecule has 0 saturated carbocycles. The van der Waals surface area contributed by atoms with Crippen LogP contribution in [0.25, 0.3) is 16.7 Å². The monoisotopic (exact) mass is 528 g/mol. The van der Waals surface area contributed by atoms with E-state index in [4.69, 9.17) is 19.2 Å². The lowest BCUT2D eigenvalue weighted by Crippen LogP contribution is -2.45. The van der Waals surface area contributed by atoms with Crippen molar-refractivity contribution in [2.45, 2.75) is 72.4 Å². The predicted molar refractivity (Wildman–Crippen MR) is 146 cm³/mol. The average Bonchev–Trinajstić information content (AvgIpc) is 3.25. The molecule has 11 heteroatoms. The Labute approximate surface area is 223 Å². The number of ether oxygens (including phenoxy) is 3. The van der Waals surface area contributed by atoms with Crippen LogP contribution in [-0.2, 0) is 14.3 Å². The first-order valence-electron chi connectivity index (χ1n) is 13.2. The highest BCUT2D eigenvalue weighted by molar-refractivity contribution is 5.87. The van der Waals surface area contributed by atoms with E-state index in [-0.39, 0.29) is 17.8 Å². The molecule has 0 bridgehead atoms. The van der Waals surface area contributed by atoms with Crippen molar-refractivity contribution in [2.24, 2.45) is 5.92 Å². The van der Waals surface area contributed by atoms with Gasteiger partial charge < -0.3 is 24.8 Å². The predicted octanol–water partition coefficient (Wildman–Crippen LogP) is 4.31. The van der Waals surface area contributed by atoms with Gasteiger partial charge in [0.05, 0.1) is 29.8 Å². The van der Waals surface area contributed by atoms with Crippen LogP contribution < -0.4 is 15.4 Å². The minimum absolute atomic E-state index is 0.0113. The number of carbonyl (C=O) groups is 2. The van der Waals surface area contributed by atoms with Crippen molar-refractivity contribution >= 4 is 34.4 Å². The maximum atomic E-state index is 12.7. The summed E-state index contributed by atoms with van der Waals surface area (Å²) in [4.78, 5) is 29.5. The van der Waals surface area contributed by atoms with Crippen LogP contribution in [0, 0.1) is 12.8 Å². The van der Waals surface area contributed by atoms with Crippen molar-refractivity contribution in [3.8, 4) is 5.75 Å². The van der Waals surface area contributed by atoms with Crippen molar-refractivity contribution in [1.29, 1.82) is 0 Å². The molecule has 1 aromatic carbocycles. The van der Waals surface area contributed by atoms with E-state index in [0.717, 1.165) is 41.9 Å². The quantitative estimate of drug-likeness (QED) is 0.277. The number of ketones is 1. The van der Waals surface area contributed by atoms with E-state index in [1.165, 1.54) is 0 Å². The third kappa shape index (κ3) is 7.77. The van der Waals surface area contributed by atoms with Crippen LogP contribution >= 0.6 is 0 Å². The Morgan fingerprint density at radius 3 is 2.55 bits per heavy atom. The van der Waals surface area contributed by atoms with Gasteiger partial charge in [0.1, 0.15) is 18.2 Å². The first-order chi connectivity index (χ1) is 18.2. The number of benzene rings is 1. The minimum Gasteiger partial charge on any atom is -0.491 e. The summed E-state index contributed by atoms with van der Waals surface area (Å²) in [6, 6.07) is 5.21. The second-order valence-corrected chi connectivity index (χ2v) is 9.88. The van der Waals surface area contributed by atoms with Crippen LogP contribution in [0.3, 0.4) is 0 Å². The summed E-state index contributed by atoms with van der Waals surface area (Å²) in [7, 11) is 1.64. The lowest BCUT2D eigenvalue weighted by Gasteiger charge is -2.21. The molecule has 1 amide bonds. The molecular formula is C27H40N6O5. The number of nitrogens with one attached hydrogen (secondary N) is 2. The number of nitrogens with zero attached hydrogens (tertiary/aromatic N) is 4. The number of amides is 1. The molecule has 208 valence electrons. The second-order valence-electron chi connectivity index (χ2n) is 9.88. The van der Waals surface area contributed by atoms with Gasteiger partial charge >= 0.3 is 6.09 Å². The Morgan fingerprint density at radius 1 is 1.05 bits per heavy atom. The molecule has 3 aromatic rings. The number of unbranched alkanes of at least 4 members (excludes halogenated alkanes) is 2. The lowest BCUT2D eigenvalue weighted by atomic mass is 9.96. The maximum Gasteiger partial charge on any atom is 0.407 e. The summed E-state index contributed by atoms with van der Waals surface area (Å²) >= 11 is 0. The number of methoxy groups -OCH3 is 1. The molecule has 38 heavy (non-hydrogen) atoms. The number of Topliss-reactive ketones (excluding diaryl/α,β-unsaturated/α-hetero) is 1. The number of hydrogen-bond acceptors (Lipinski definition) is 9. The zero-order valence-electron chi connectivity index (χ0n) is 23.2. The number of anilines is 1. The molecule has 0 spiro atoms. The fraction of sp³-hybridized carbons (Fsp3) is 0.593. The molecule has 11 nitrogen and oxygen atoms in total. The highest BCUT2D eigenvalue weighted by Crippen LogP contribution is 2.25. The summed E-state index contributed by atoms with van der Waals surface area (Å²) < 4.78 is 17.9. The van der Waals surface area contributed by atoms with E-state index in [0.29, 0.717) is 37.6 Å². The molecule has 2 N–H and O–H groups in total. The van der Waals surface area contributed by atoms with Gasteiger partial charge in [-0.1, -0.05) is 20.3 Å². The normalized spacial score (nSPS) is 12.3. The number of carbonyl (C=O) groups excluding carboxylic acids is 2. The second kappa shape index (κ2) is 13.9. The topological polar surface area (TPSA) is 129 Å². The van der Waals surface area contributed by atoms with E-state index in [1.54, 1.807) is 21.0 Å². The molecular weight excluding hydrogens is 488 g/mol. The lowest BCUT2D eigenvalue weighted by molar-refractivity contribution is -0.122. The molecule has 0 fully saturated rings. The Hall–Kier alpha value is -3.47. The standard InChI is InChI=1S/C27H40N6O5/c1-17(2)24(30-27(35)38-18(3)4)23(34)10-8-7-9-13-28-25-26-32-31-19(5)33(26)22-12-11-20(16-21(22)29-25)37-15-14-36-6/h11-12,16-18,24H,7-10,13-15H2,1-6H3,(H,28,29)(H,30,35)/t24-/m0/s1. The molecule has 1 atom stereocenters. The largest absolute Gasteiger partial charge is 0.491 e. The Kier molecular flexibility index (Phi) is 10.6. The third-order valence-corrected chi connectivity index (χ3v) is 6.03. The molecule has 0 saturated heterocycles. The third-order valence-electron chi connectivity index (χ3n) is 6.03. The zero-order valence-corrected chi connectivity index (χ0v) is 23.2. The van der Waals surface area contributed by atoms with E-state index >= 15 is 0 Å². The Balaban J connectivity index is 1.56. The smallest absolute Gasteiger partial charge is 0.407 e. The molecule has 0 aliphatic heterocycles. The summed E-state index contributed by atoms with van der Waals surface area (Å²) in [5, 5.41) is 14.7. The fourth-order valence-corrected chi connectivity index (χ4v) is 4.16. The van der Waals surface area contributed by atoms with Gasteiger partial charge in [-0.05, 0) is 51.7 Å². The number of fused-ring (bicyclic) bond motifs is 3. The van der Waals surface area contributed by atoms with Crippen LogP contribution in [-0.4, -0.2) is 70.5 Å². The SMILES string of the molecule is COCCOc1ccc2c(c1)nc(NCCCCCC(=O)[C@@H](NC(=O)OC(C)C)C(C)C)c1nnc(C)n12. The number of rotatable bonds is 15. The molecule has 3 rings (SSSR count). The Bertz CT molecular complexity index is 1230. The minimum atomic E-state index is -0.553. The van der Waals surface area contributed by atoms with E-state index in [1.807, 2.05) is 43.4 Å². The molecule has 2 heterocycles. The van der Waals surface area contributed by atoms with Crippen molar-refractivity contribution in [2.75, 3.05) is 32.2 Å². The number of hydrogen-bond donors (Lipinski definition) is 2. The van der Waals surface area contributed by atoms with Gasteiger partial charge in [0.2, 0.25) is 5.65 Å². The highest BCUT2D eigenvalue weighted by atomic mass is 16.6. The van der Waals surface area contributed by atoms with E-state index < -0.39 is 12.1 Å². The average molecular weight is 529 g/mol. The van der Waals surface area contributed by atoms with Gasteiger partial charge in [-0.15, -0.1) is 10.2 Å². The summed E-state index contributed by atoms with van der Waals surface area (Å²) in [5.74, 6) is 2.15. The van der Waals surface area contributed by atoms with Crippen LogP contribution in [0.4, 0.5) is 10.6 Å². The van der Waals surface area contributed by atoms with Gasteiger partial charge in [-0.3, -0.25) is 9.20 Å². The summed E-state index contributed by atoms with van der Waals surface area (Å²) in [6.07, 6.45) is 2.05. The Morgan fingerprint density at radius 2 is 1.84 bits per heavy atom. The first kappa shape index (κ1) is 29.1. The van der Waals surface area contributed by atoms with Crippen molar-refractivity contribution in [3.05, 3.63) is 24.0 Å². The molecule has 0 unspecified atom stereocenters. The zero-order chi connectivity index (χ0) is 27.7. The molecule has 2 aromatic heterocycles. The summed E-state index contributed by atoms with van der Waals surface area (Å²) in [6.45, 7) is 10.9. The van der Waals surface area contributed by atoms with Gasteiger partial charge in [-0.25, -0.2) is 9.78 Å². The van der Waals surface area contributed by atoms with E-state index in [9.17, 15) is 9.59 Å². The molecule has 0 aliphatic carbocycles. The van der Waals surface area contributed by atoms with Crippen LogP contribution in [0.1, 0.15) is 59.2 Å². The highest BCUT2D eigenvalue weighted by Gasteiger charge is 2.24. The number of alkyl carbamates (subject to hydrolysis) is 1. The number of aryl methyl sites for hydroxylation is 1. The van der Waals surface area contributed by atoms with Gasteiger partial charge in [0.25, 0.3) is 0 Å². The van der Waals surface area contributed by atoms with Crippen LogP contribution in [0.15, 0.2) is 18.2 Å². The van der Waals surface area contributed by atoms with Crippen molar-refractivity contribution < 1.29 is 23.8 Å². The van der Waals surface area contributed by atoms with E-state index in [2.05, 4.69) is 20.8 Å². The van der Waals surface area contributed by atoms with Crippen molar-refractivity contribution in [3.63, 3.8) is 0 Å². The molecule has 0 aliphatic rings. The van der Waals surface area contributed by atoms with Crippen molar-refractivity contribution in [1.82, 2.24) is 24.9 Å². The summed E-state index contributed by atoms with van der Waals surface area (Å²) in [5.41, 5.74) is 2.33. The molecule has 0 radical (unpaired) electrons. The van der Waals surface area contributed by atoms with Gasteiger partial charge in [0, 0.05) is 26.1 Å². The van der Waals surface area contributed by atoms with Gasteiger partial charge in [0.15, 0.2) is 11.6 Å².